The summed E-state index contributed by atoms with van der Waals surface area (Å²) >= 11 is 0. The van der Waals surface area contributed by atoms with E-state index in [0.717, 1.165) is 38.0 Å². The Morgan fingerprint density at radius 3 is 2.56 bits per heavy atom. The predicted molar refractivity (Wildman–Crippen MR) is 124 cm³/mol. The van der Waals surface area contributed by atoms with Gasteiger partial charge < -0.3 is 15.5 Å². The monoisotopic (exact) mass is 460 g/mol. The molecule has 2 saturated heterocycles. The number of nitrogens with one attached hydrogen (secondary N) is 2. The van der Waals surface area contributed by atoms with E-state index in [1.54, 1.807) is 12.1 Å². The molecular weight excluding hydrogens is 436 g/mol. The minimum Gasteiger partial charge on any atom is -0.508 e. The molecule has 5 rings (SSSR count). The Balaban J connectivity index is 1.60. The Morgan fingerprint density at radius 2 is 1.82 bits per heavy atom. The fourth-order valence-corrected chi connectivity index (χ4v) is 4.91. The van der Waals surface area contributed by atoms with Gasteiger partial charge in [0.15, 0.2) is 5.66 Å². The largest absolute Gasteiger partial charge is 0.508 e. The van der Waals surface area contributed by atoms with E-state index in [9.17, 15) is 24.6 Å². The lowest BCUT2D eigenvalue weighted by Crippen LogP contribution is -2.68. The minimum absolute atomic E-state index is 0.0178. The maximum absolute atomic E-state index is 12.6. The number of rotatable bonds is 4. The second kappa shape index (κ2) is 7.95. The SMILES string of the molecule is Cc1ccc2c(Cc3ccc(O)cc3)cc(CC34CNC(=O)CN3C(=O)NN4C(=O)O)cc2c1. The number of amides is 4. The Morgan fingerprint density at radius 1 is 1.06 bits per heavy atom. The van der Waals surface area contributed by atoms with Crippen LogP contribution in [0.1, 0.15) is 22.3 Å². The summed E-state index contributed by atoms with van der Waals surface area (Å²) in [6.07, 6.45) is -0.487. The zero-order valence-corrected chi connectivity index (χ0v) is 18.5. The van der Waals surface area contributed by atoms with E-state index in [0.29, 0.717) is 6.42 Å². The van der Waals surface area contributed by atoms with Gasteiger partial charge in [0, 0.05) is 6.42 Å². The third kappa shape index (κ3) is 3.64. The van der Waals surface area contributed by atoms with Crippen molar-refractivity contribution in [1.82, 2.24) is 20.7 Å². The van der Waals surface area contributed by atoms with Gasteiger partial charge in [-0.25, -0.2) is 15.0 Å². The molecule has 3 aromatic rings. The van der Waals surface area contributed by atoms with Crippen molar-refractivity contribution in [3.05, 3.63) is 76.9 Å². The molecule has 4 amide bonds. The predicted octanol–water partition coefficient (Wildman–Crippen LogP) is 2.73. The average Bonchev–Trinajstić information content (AvgIpc) is 3.07. The molecule has 1 atom stereocenters. The van der Waals surface area contributed by atoms with Crippen molar-refractivity contribution in [2.75, 3.05) is 13.1 Å². The number of piperazine rings is 1. The van der Waals surface area contributed by atoms with E-state index in [1.807, 2.05) is 37.3 Å². The summed E-state index contributed by atoms with van der Waals surface area (Å²) in [4.78, 5) is 37.9. The van der Waals surface area contributed by atoms with Gasteiger partial charge in [-0.15, -0.1) is 0 Å². The Hall–Kier alpha value is -4.27. The number of hydrogen-bond acceptors (Lipinski definition) is 4. The summed E-state index contributed by atoms with van der Waals surface area (Å²) in [5.74, 6) is -0.135. The van der Waals surface area contributed by atoms with E-state index in [-0.39, 0.29) is 31.2 Å². The van der Waals surface area contributed by atoms with E-state index >= 15 is 0 Å². The molecule has 174 valence electrons. The van der Waals surface area contributed by atoms with Crippen LogP contribution in [0.2, 0.25) is 0 Å². The molecule has 0 aromatic heterocycles. The molecule has 2 aliphatic heterocycles. The van der Waals surface area contributed by atoms with Crippen molar-refractivity contribution in [2.24, 2.45) is 0 Å². The smallest absolute Gasteiger partial charge is 0.428 e. The fraction of sp³-hybridized carbons (Fsp3) is 0.240. The molecule has 9 nitrogen and oxygen atoms in total. The summed E-state index contributed by atoms with van der Waals surface area (Å²) in [7, 11) is 0. The van der Waals surface area contributed by atoms with Gasteiger partial charge in [-0.3, -0.25) is 9.69 Å². The molecular formula is C25H24N4O5. The molecule has 4 N–H and O–H groups in total. The number of benzene rings is 3. The van der Waals surface area contributed by atoms with Crippen molar-refractivity contribution in [2.45, 2.75) is 25.4 Å². The average molecular weight is 460 g/mol. The van der Waals surface area contributed by atoms with Crippen LogP contribution in [-0.2, 0) is 17.6 Å². The second-order valence-electron chi connectivity index (χ2n) is 8.88. The van der Waals surface area contributed by atoms with Crippen LogP contribution in [0.25, 0.3) is 10.8 Å². The van der Waals surface area contributed by atoms with Crippen LogP contribution in [0.4, 0.5) is 9.59 Å². The quantitative estimate of drug-likeness (QED) is 0.477. The van der Waals surface area contributed by atoms with Gasteiger partial charge in [0.25, 0.3) is 0 Å². The van der Waals surface area contributed by atoms with E-state index in [2.05, 4.69) is 22.9 Å². The Labute approximate surface area is 195 Å². The van der Waals surface area contributed by atoms with E-state index in [4.69, 9.17) is 0 Å². The van der Waals surface area contributed by atoms with E-state index in [1.165, 1.54) is 4.90 Å². The summed E-state index contributed by atoms with van der Waals surface area (Å²) in [5.41, 5.74) is 5.11. The first kappa shape index (κ1) is 21.6. The Kier molecular flexibility index (Phi) is 5.04. The number of phenolic OH excluding ortho intramolecular Hbond substituents is 1. The van der Waals surface area contributed by atoms with Gasteiger partial charge in [-0.2, -0.15) is 5.01 Å². The lowest BCUT2D eigenvalue weighted by molar-refractivity contribution is -0.129. The highest BCUT2D eigenvalue weighted by molar-refractivity contribution is 5.90. The van der Waals surface area contributed by atoms with Crippen LogP contribution in [0, 0.1) is 6.92 Å². The fourth-order valence-electron chi connectivity index (χ4n) is 4.91. The van der Waals surface area contributed by atoms with Gasteiger partial charge in [0.1, 0.15) is 12.3 Å². The van der Waals surface area contributed by atoms with Crippen molar-refractivity contribution in [3.63, 3.8) is 0 Å². The third-order valence-electron chi connectivity index (χ3n) is 6.50. The van der Waals surface area contributed by atoms with Crippen molar-refractivity contribution >= 4 is 28.8 Å². The number of aryl methyl sites for hydroxylation is 1. The number of aromatic hydroxyl groups is 1. The van der Waals surface area contributed by atoms with Crippen LogP contribution >= 0.6 is 0 Å². The van der Waals surface area contributed by atoms with Crippen LogP contribution in [0.3, 0.4) is 0 Å². The number of urea groups is 1. The maximum atomic E-state index is 12.6. The van der Waals surface area contributed by atoms with Crippen molar-refractivity contribution < 1.29 is 24.6 Å². The molecule has 2 aliphatic rings. The standard InChI is InChI=1S/C25H24N4O5/c1-15-2-7-21-18(8-15)10-17(11-19(21)9-16-3-5-20(30)6-4-16)12-25-14-26-22(31)13-28(25)23(32)27-29(25)24(33)34/h2-8,10-11,30H,9,12-14H2,1H3,(H,26,31)(H,27,32)(H,33,34). The molecule has 0 radical (unpaired) electrons. The molecule has 0 spiro atoms. The van der Waals surface area contributed by atoms with Crippen molar-refractivity contribution in [1.29, 1.82) is 0 Å². The van der Waals surface area contributed by atoms with Crippen LogP contribution in [0.5, 0.6) is 5.75 Å². The molecule has 2 heterocycles. The van der Waals surface area contributed by atoms with E-state index < -0.39 is 17.8 Å². The lowest BCUT2D eigenvalue weighted by Gasteiger charge is -2.43. The summed E-state index contributed by atoms with van der Waals surface area (Å²) < 4.78 is 0. The normalized spacial score (nSPS) is 19.7. The number of phenols is 1. The van der Waals surface area contributed by atoms with Crippen LogP contribution < -0.4 is 10.7 Å². The van der Waals surface area contributed by atoms with Crippen molar-refractivity contribution in [3.8, 4) is 5.75 Å². The number of hydrazine groups is 1. The summed E-state index contributed by atoms with van der Waals surface area (Å²) in [6.45, 7) is 1.77. The second-order valence-corrected chi connectivity index (χ2v) is 8.88. The highest BCUT2D eigenvalue weighted by Gasteiger charge is 2.56. The topological polar surface area (TPSA) is 122 Å². The number of nitrogens with zero attached hydrogens (tertiary/aromatic N) is 2. The maximum Gasteiger partial charge on any atom is 0.428 e. The van der Waals surface area contributed by atoms with Gasteiger partial charge in [-0.05, 0) is 52.9 Å². The molecule has 0 saturated carbocycles. The number of carbonyl (C=O) groups excluding carboxylic acids is 2. The zero-order chi connectivity index (χ0) is 24.0. The Bertz CT molecular complexity index is 1320. The minimum atomic E-state index is -1.30. The van der Waals surface area contributed by atoms with Crippen LogP contribution in [0.15, 0.2) is 54.6 Å². The number of hydrogen-bond donors (Lipinski definition) is 4. The number of carbonyl (C=O) groups is 3. The van der Waals surface area contributed by atoms with Gasteiger partial charge in [-0.1, -0.05) is 48.0 Å². The lowest BCUT2D eigenvalue weighted by atomic mass is 9.90. The van der Waals surface area contributed by atoms with Gasteiger partial charge in [0.05, 0.1) is 6.54 Å². The third-order valence-corrected chi connectivity index (χ3v) is 6.50. The van der Waals surface area contributed by atoms with Gasteiger partial charge >= 0.3 is 12.1 Å². The summed E-state index contributed by atoms with van der Waals surface area (Å²) in [6, 6.07) is 16.6. The first-order chi connectivity index (χ1) is 16.2. The molecule has 34 heavy (non-hydrogen) atoms. The highest BCUT2D eigenvalue weighted by Crippen LogP contribution is 2.33. The summed E-state index contributed by atoms with van der Waals surface area (Å²) in [5, 5.41) is 25.1. The number of fused-ring (bicyclic) bond motifs is 2. The molecule has 3 aromatic carbocycles. The highest BCUT2D eigenvalue weighted by atomic mass is 16.4. The molecule has 2 fully saturated rings. The molecule has 0 bridgehead atoms. The zero-order valence-electron chi connectivity index (χ0n) is 18.5. The molecule has 0 aliphatic carbocycles. The molecule has 9 heteroatoms. The van der Waals surface area contributed by atoms with Gasteiger partial charge in [0.2, 0.25) is 5.91 Å². The first-order valence-corrected chi connectivity index (χ1v) is 10.9. The number of carboxylic acid groups (broad SMARTS) is 1. The molecule has 1 unspecified atom stereocenters. The first-order valence-electron chi connectivity index (χ1n) is 10.9. The van der Waals surface area contributed by atoms with Crippen LogP contribution in [-0.4, -0.2) is 56.9 Å².